The van der Waals surface area contributed by atoms with E-state index in [1.165, 1.54) is 0 Å². The van der Waals surface area contributed by atoms with Crippen LogP contribution >= 0.6 is 0 Å². The molecule has 0 atom stereocenters. The minimum atomic E-state index is -0.394. The average molecular weight is 247 g/mol. The molecule has 0 bridgehead atoms. The fourth-order valence-electron chi connectivity index (χ4n) is 2.35. The van der Waals surface area contributed by atoms with E-state index in [1.54, 1.807) is 20.3 Å². The van der Waals surface area contributed by atoms with Crippen LogP contribution in [0.15, 0.2) is 17.1 Å². The van der Waals surface area contributed by atoms with Gasteiger partial charge in [-0.3, -0.25) is 0 Å². The minimum absolute atomic E-state index is 0.394. The lowest BCUT2D eigenvalue weighted by atomic mass is 9.95. The van der Waals surface area contributed by atoms with Gasteiger partial charge in [0.2, 0.25) is 6.08 Å². The fourth-order valence-corrected chi connectivity index (χ4v) is 2.35. The first-order valence-corrected chi connectivity index (χ1v) is 6.05. The Morgan fingerprint density at radius 3 is 2.50 bits per heavy atom. The zero-order valence-corrected chi connectivity index (χ0v) is 10.9. The summed E-state index contributed by atoms with van der Waals surface area (Å²) < 4.78 is 10.7. The van der Waals surface area contributed by atoms with Gasteiger partial charge in [0.25, 0.3) is 0 Å². The highest BCUT2D eigenvalue weighted by molar-refractivity contribution is 5.53. The Labute approximate surface area is 107 Å². The molecule has 18 heavy (non-hydrogen) atoms. The van der Waals surface area contributed by atoms with E-state index in [-0.39, 0.29) is 0 Å². The maximum absolute atomic E-state index is 10.6. The molecule has 1 fully saturated rings. The topological polar surface area (TPSA) is 47.9 Å². The van der Waals surface area contributed by atoms with Crippen LogP contribution in [0.25, 0.3) is 0 Å². The normalized spacial score (nSPS) is 15.7. The highest BCUT2D eigenvalue weighted by Crippen LogP contribution is 2.52. The summed E-state index contributed by atoms with van der Waals surface area (Å²) in [5.74, 6) is 1.52. The standard InChI is InChI=1S/C14H17NO3/c1-4-11-12(14(5-6-14)15-9-16)7-10(17-2)8-13(11)18-3/h7-8H,4-6H2,1-3H3. The number of benzene rings is 1. The summed E-state index contributed by atoms with van der Waals surface area (Å²) in [7, 11) is 3.26. The molecule has 4 nitrogen and oxygen atoms in total. The summed E-state index contributed by atoms with van der Waals surface area (Å²) >= 11 is 0. The molecule has 0 saturated heterocycles. The van der Waals surface area contributed by atoms with E-state index in [0.717, 1.165) is 41.9 Å². The average Bonchev–Trinajstić information content (AvgIpc) is 3.18. The molecule has 0 aromatic heterocycles. The molecule has 96 valence electrons. The number of isocyanates is 1. The largest absolute Gasteiger partial charge is 0.497 e. The summed E-state index contributed by atoms with van der Waals surface area (Å²) in [6.45, 7) is 2.06. The monoisotopic (exact) mass is 247 g/mol. The van der Waals surface area contributed by atoms with Crippen molar-refractivity contribution in [1.29, 1.82) is 0 Å². The van der Waals surface area contributed by atoms with Crippen molar-refractivity contribution in [3.8, 4) is 11.5 Å². The number of ether oxygens (including phenoxy) is 2. The smallest absolute Gasteiger partial charge is 0.235 e. The molecule has 0 radical (unpaired) electrons. The number of methoxy groups -OCH3 is 2. The van der Waals surface area contributed by atoms with Crippen molar-refractivity contribution in [1.82, 2.24) is 0 Å². The van der Waals surface area contributed by atoms with Crippen LogP contribution in [-0.4, -0.2) is 20.3 Å². The van der Waals surface area contributed by atoms with Gasteiger partial charge in [-0.1, -0.05) is 6.92 Å². The van der Waals surface area contributed by atoms with Crippen LogP contribution in [0.1, 0.15) is 30.9 Å². The van der Waals surface area contributed by atoms with E-state index in [1.807, 2.05) is 12.1 Å². The van der Waals surface area contributed by atoms with Crippen molar-refractivity contribution in [2.75, 3.05) is 14.2 Å². The molecule has 0 amide bonds. The number of nitrogens with zero attached hydrogens (tertiary/aromatic N) is 1. The van der Waals surface area contributed by atoms with Gasteiger partial charge in [0.05, 0.1) is 19.8 Å². The van der Waals surface area contributed by atoms with Gasteiger partial charge >= 0.3 is 0 Å². The Kier molecular flexibility index (Phi) is 3.39. The predicted octanol–water partition coefficient (Wildman–Crippen LogP) is 2.59. The molecule has 0 spiro atoms. The molecule has 1 aliphatic carbocycles. The Morgan fingerprint density at radius 1 is 1.33 bits per heavy atom. The van der Waals surface area contributed by atoms with Gasteiger partial charge < -0.3 is 9.47 Å². The van der Waals surface area contributed by atoms with Crippen molar-refractivity contribution < 1.29 is 14.3 Å². The number of hydrogen-bond acceptors (Lipinski definition) is 4. The van der Waals surface area contributed by atoms with E-state index in [4.69, 9.17) is 9.47 Å². The van der Waals surface area contributed by atoms with Gasteiger partial charge in [0.1, 0.15) is 11.5 Å². The zero-order valence-electron chi connectivity index (χ0n) is 10.9. The van der Waals surface area contributed by atoms with Gasteiger partial charge in [-0.05, 0) is 36.5 Å². The third kappa shape index (κ3) is 2.00. The summed E-state index contributed by atoms with van der Waals surface area (Å²) in [5, 5.41) is 0. The first-order chi connectivity index (χ1) is 8.70. The SMILES string of the molecule is CCc1c(OC)cc(OC)cc1C1(N=C=O)CC1. The molecule has 1 aliphatic rings. The summed E-state index contributed by atoms with van der Waals surface area (Å²) in [5.41, 5.74) is 1.73. The van der Waals surface area contributed by atoms with Crippen molar-refractivity contribution in [3.63, 3.8) is 0 Å². The summed E-state index contributed by atoms with van der Waals surface area (Å²) in [6, 6.07) is 3.82. The number of carbonyl (C=O) groups excluding carboxylic acids is 1. The third-order valence-electron chi connectivity index (χ3n) is 3.48. The second-order valence-corrected chi connectivity index (χ2v) is 4.44. The van der Waals surface area contributed by atoms with Crippen molar-refractivity contribution in [3.05, 3.63) is 23.3 Å². The Balaban J connectivity index is 2.60. The van der Waals surface area contributed by atoms with Crippen LogP contribution in [0.4, 0.5) is 0 Å². The van der Waals surface area contributed by atoms with E-state index >= 15 is 0 Å². The number of aliphatic imine (C=N–C) groups is 1. The van der Waals surface area contributed by atoms with Gasteiger partial charge in [-0.15, -0.1) is 0 Å². The Morgan fingerprint density at radius 2 is 2.06 bits per heavy atom. The highest BCUT2D eigenvalue weighted by atomic mass is 16.5. The quantitative estimate of drug-likeness (QED) is 0.593. The molecular formula is C14H17NO3. The first kappa shape index (κ1) is 12.7. The molecule has 1 saturated carbocycles. The maximum Gasteiger partial charge on any atom is 0.235 e. The fraction of sp³-hybridized carbons (Fsp3) is 0.500. The van der Waals surface area contributed by atoms with Gasteiger partial charge in [-0.2, -0.15) is 4.99 Å². The lowest BCUT2D eigenvalue weighted by molar-refractivity contribution is 0.389. The molecule has 1 aromatic rings. The lowest BCUT2D eigenvalue weighted by Gasteiger charge is -2.18. The molecule has 1 aromatic carbocycles. The molecule has 0 N–H and O–H groups in total. The van der Waals surface area contributed by atoms with E-state index < -0.39 is 5.54 Å². The maximum atomic E-state index is 10.6. The second-order valence-electron chi connectivity index (χ2n) is 4.44. The lowest BCUT2D eigenvalue weighted by Crippen LogP contribution is -2.08. The van der Waals surface area contributed by atoms with Gasteiger partial charge in [0, 0.05) is 6.07 Å². The van der Waals surface area contributed by atoms with Crippen LogP contribution in [0.3, 0.4) is 0 Å². The highest BCUT2D eigenvalue weighted by Gasteiger charge is 2.46. The molecule has 4 heteroatoms. The summed E-state index contributed by atoms with van der Waals surface area (Å²) in [6.07, 6.45) is 4.28. The van der Waals surface area contributed by atoms with Crippen LogP contribution in [0.5, 0.6) is 11.5 Å². The first-order valence-electron chi connectivity index (χ1n) is 6.05. The van der Waals surface area contributed by atoms with E-state index in [0.29, 0.717) is 0 Å². The molecule has 0 aliphatic heterocycles. The van der Waals surface area contributed by atoms with Gasteiger partial charge in [-0.25, -0.2) is 4.79 Å². The molecule has 0 heterocycles. The van der Waals surface area contributed by atoms with Crippen molar-refractivity contribution >= 4 is 6.08 Å². The predicted molar refractivity (Wildman–Crippen MR) is 68.0 cm³/mol. The Bertz CT molecular complexity index is 500. The minimum Gasteiger partial charge on any atom is -0.497 e. The van der Waals surface area contributed by atoms with Crippen LogP contribution in [-0.2, 0) is 16.8 Å². The van der Waals surface area contributed by atoms with E-state index in [9.17, 15) is 4.79 Å². The molecule has 2 rings (SSSR count). The Hall–Kier alpha value is -1.80. The van der Waals surface area contributed by atoms with E-state index in [2.05, 4.69) is 11.9 Å². The zero-order chi connectivity index (χ0) is 13.2. The summed E-state index contributed by atoms with van der Waals surface area (Å²) in [4.78, 5) is 14.6. The van der Waals surface area contributed by atoms with Crippen molar-refractivity contribution in [2.24, 2.45) is 4.99 Å². The third-order valence-corrected chi connectivity index (χ3v) is 3.48. The second kappa shape index (κ2) is 4.83. The number of rotatable bonds is 5. The molecular weight excluding hydrogens is 230 g/mol. The van der Waals surface area contributed by atoms with Crippen molar-refractivity contribution in [2.45, 2.75) is 31.7 Å². The number of hydrogen-bond donors (Lipinski definition) is 0. The molecule has 0 unspecified atom stereocenters. The van der Waals surface area contributed by atoms with Crippen LogP contribution in [0, 0.1) is 0 Å². The van der Waals surface area contributed by atoms with Crippen LogP contribution in [0.2, 0.25) is 0 Å². The van der Waals surface area contributed by atoms with Crippen LogP contribution < -0.4 is 9.47 Å². The van der Waals surface area contributed by atoms with Gasteiger partial charge in [0.15, 0.2) is 0 Å².